The summed E-state index contributed by atoms with van der Waals surface area (Å²) in [4.78, 5) is 25.4. The lowest BCUT2D eigenvalue weighted by Crippen LogP contribution is -2.36. The highest BCUT2D eigenvalue weighted by Crippen LogP contribution is 2.33. The quantitative estimate of drug-likeness (QED) is 0.927. The van der Waals surface area contributed by atoms with E-state index in [1.54, 1.807) is 11.9 Å². The highest BCUT2D eigenvalue weighted by atomic mass is 16.4. The summed E-state index contributed by atoms with van der Waals surface area (Å²) in [6, 6.07) is 6.18. The van der Waals surface area contributed by atoms with Crippen LogP contribution in [0.1, 0.15) is 36.0 Å². The molecular weight excluding hydrogens is 266 g/mol. The third-order valence-electron chi connectivity index (χ3n) is 4.43. The monoisotopic (exact) mass is 289 g/mol. The number of nitrogens with zero attached hydrogens (tertiary/aromatic N) is 1. The van der Waals surface area contributed by atoms with Gasteiger partial charge in [-0.3, -0.25) is 9.59 Å². The smallest absolute Gasteiger partial charge is 0.307 e. The van der Waals surface area contributed by atoms with E-state index in [0.717, 1.165) is 17.5 Å². The van der Waals surface area contributed by atoms with E-state index in [4.69, 9.17) is 0 Å². The molecule has 1 aliphatic rings. The summed E-state index contributed by atoms with van der Waals surface area (Å²) < 4.78 is 0. The molecule has 1 aromatic rings. The van der Waals surface area contributed by atoms with Gasteiger partial charge in [-0.25, -0.2) is 0 Å². The lowest BCUT2D eigenvalue weighted by molar-refractivity contribution is -0.148. The number of carbonyl (C=O) groups is 2. The Kier molecular flexibility index (Phi) is 4.66. The number of aryl methyl sites for hydroxylation is 2. The summed E-state index contributed by atoms with van der Waals surface area (Å²) >= 11 is 0. The van der Waals surface area contributed by atoms with Crippen molar-refractivity contribution in [3.05, 3.63) is 34.9 Å². The maximum Gasteiger partial charge on any atom is 0.307 e. The zero-order valence-corrected chi connectivity index (χ0v) is 12.9. The van der Waals surface area contributed by atoms with Crippen LogP contribution in [0.15, 0.2) is 18.2 Å². The minimum Gasteiger partial charge on any atom is -0.481 e. The largest absolute Gasteiger partial charge is 0.481 e. The van der Waals surface area contributed by atoms with Crippen LogP contribution in [0, 0.1) is 25.7 Å². The molecule has 4 heteroatoms. The number of hydrogen-bond donors (Lipinski definition) is 1. The summed E-state index contributed by atoms with van der Waals surface area (Å²) in [5, 5.41) is 9.21. The highest BCUT2D eigenvalue weighted by molar-refractivity contribution is 5.85. The number of carbonyl (C=O) groups excluding carboxylic acids is 1. The van der Waals surface area contributed by atoms with Crippen molar-refractivity contribution in [2.75, 3.05) is 7.05 Å². The Hall–Kier alpha value is -1.84. The average Bonchev–Trinajstić information content (AvgIpc) is 2.90. The van der Waals surface area contributed by atoms with Gasteiger partial charge in [0.25, 0.3) is 0 Å². The molecule has 0 aromatic heterocycles. The fraction of sp³-hybridized carbons (Fsp3) is 0.529. The second kappa shape index (κ2) is 6.29. The average molecular weight is 289 g/mol. The van der Waals surface area contributed by atoms with Crippen molar-refractivity contribution in [2.45, 2.75) is 39.7 Å². The molecule has 0 bridgehead atoms. The fourth-order valence-electron chi connectivity index (χ4n) is 3.19. The van der Waals surface area contributed by atoms with Crippen LogP contribution in [0.4, 0.5) is 0 Å². The first-order valence-electron chi connectivity index (χ1n) is 7.44. The molecule has 1 aromatic carbocycles. The number of carboxylic acid groups (broad SMARTS) is 1. The van der Waals surface area contributed by atoms with Crippen LogP contribution in [0.2, 0.25) is 0 Å². The second-order valence-electron chi connectivity index (χ2n) is 6.11. The van der Waals surface area contributed by atoms with Crippen LogP contribution in [-0.2, 0) is 16.1 Å². The lowest BCUT2D eigenvalue weighted by atomic mass is 9.94. The molecule has 21 heavy (non-hydrogen) atoms. The molecule has 1 aliphatic carbocycles. The predicted octanol–water partition coefficient (Wildman–Crippen LogP) is 2.76. The van der Waals surface area contributed by atoms with Crippen molar-refractivity contribution in [3.63, 3.8) is 0 Å². The SMILES string of the molecule is Cc1ccc(CN(C)C(=O)C2CCCC2C(=O)O)c(C)c1. The normalized spacial score (nSPS) is 21.3. The number of rotatable bonds is 4. The van der Waals surface area contributed by atoms with E-state index in [2.05, 4.69) is 6.07 Å². The van der Waals surface area contributed by atoms with Crippen LogP contribution in [0.3, 0.4) is 0 Å². The van der Waals surface area contributed by atoms with E-state index in [0.29, 0.717) is 19.4 Å². The lowest BCUT2D eigenvalue weighted by Gasteiger charge is -2.24. The molecule has 0 heterocycles. The maximum atomic E-state index is 12.5. The third-order valence-corrected chi connectivity index (χ3v) is 4.43. The zero-order chi connectivity index (χ0) is 15.6. The molecule has 1 fully saturated rings. The topological polar surface area (TPSA) is 57.6 Å². The first-order valence-corrected chi connectivity index (χ1v) is 7.44. The minimum atomic E-state index is -0.842. The van der Waals surface area contributed by atoms with Gasteiger partial charge in [0, 0.05) is 13.6 Å². The highest BCUT2D eigenvalue weighted by Gasteiger charge is 2.38. The summed E-state index contributed by atoms with van der Waals surface area (Å²) in [5.74, 6) is -1.76. The van der Waals surface area contributed by atoms with E-state index in [-0.39, 0.29) is 11.8 Å². The Bertz CT molecular complexity index is 553. The summed E-state index contributed by atoms with van der Waals surface area (Å²) in [5.41, 5.74) is 3.48. The first kappa shape index (κ1) is 15.5. The Balaban J connectivity index is 2.07. The molecule has 2 rings (SSSR count). The zero-order valence-electron chi connectivity index (χ0n) is 12.9. The molecule has 2 unspecified atom stereocenters. The van der Waals surface area contributed by atoms with E-state index < -0.39 is 11.9 Å². The number of amides is 1. The number of carboxylic acids is 1. The van der Waals surface area contributed by atoms with Crippen LogP contribution >= 0.6 is 0 Å². The van der Waals surface area contributed by atoms with Gasteiger partial charge in [-0.1, -0.05) is 30.2 Å². The fourth-order valence-corrected chi connectivity index (χ4v) is 3.19. The van der Waals surface area contributed by atoms with Gasteiger partial charge in [0.15, 0.2) is 0 Å². The molecule has 2 atom stereocenters. The molecule has 0 saturated heterocycles. The van der Waals surface area contributed by atoms with Gasteiger partial charge in [0.2, 0.25) is 5.91 Å². The van der Waals surface area contributed by atoms with Crippen molar-refractivity contribution < 1.29 is 14.7 Å². The number of aliphatic carboxylic acids is 1. The van der Waals surface area contributed by atoms with Gasteiger partial charge >= 0.3 is 5.97 Å². The maximum absolute atomic E-state index is 12.5. The van der Waals surface area contributed by atoms with Gasteiger partial charge in [0.05, 0.1) is 11.8 Å². The Morgan fingerprint density at radius 1 is 1.24 bits per heavy atom. The van der Waals surface area contributed by atoms with Gasteiger partial charge in [0.1, 0.15) is 0 Å². The van der Waals surface area contributed by atoms with Crippen LogP contribution in [0.5, 0.6) is 0 Å². The van der Waals surface area contributed by atoms with E-state index in [9.17, 15) is 14.7 Å². The van der Waals surface area contributed by atoms with Gasteiger partial charge in [-0.05, 0) is 37.8 Å². The summed E-state index contributed by atoms with van der Waals surface area (Å²) in [7, 11) is 1.76. The van der Waals surface area contributed by atoms with E-state index in [1.807, 2.05) is 26.0 Å². The molecule has 114 valence electrons. The van der Waals surface area contributed by atoms with Crippen LogP contribution < -0.4 is 0 Å². The van der Waals surface area contributed by atoms with Crippen LogP contribution in [-0.4, -0.2) is 28.9 Å². The van der Waals surface area contributed by atoms with Crippen molar-refractivity contribution in [1.29, 1.82) is 0 Å². The standard InChI is InChI=1S/C17H23NO3/c1-11-7-8-13(12(2)9-11)10-18(3)16(19)14-5-4-6-15(14)17(20)21/h7-9,14-15H,4-6,10H2,1-3H3,(H,20,21). The van der Waals surface area contributed by atoms with Crippen molar-refractivity contribution >= 4 is 11.9 Å². The van der Waals surface area contributed by atoms with Crippen molar-refractivity contribution in [3.8, 4) is 0 Å². The Morgan fingerprint density at radius 2 is 1.90 bits per heavy atom. The Labute approximate surface area is 125 Å². The van der Waals surface area contributed by atoms with Gasteiger partial charge < -0.3 is 10.0 Å². The van der Waals surface area contributed by atoms with Gasteiger partial charge in [-0.15, -0.1) is 0 Å². The first-order chi connectivity index (χ1) is 9.90. The molecule has 0 spiro atoms. The molecular formula is C17H23NO3. The Morgan fingerprint density at radius 3 is 2.52 bits per heavy atom. The molecule has 1 amide bonds. The van der Waals surface area contributed by atoms with E-state index in [1.165, 1.54) is 5.56 Å². The van der Waals surface area contributed by atoms with Crippen molar-refractivity contribution in [2.24, 2.45) is 11.8 Å². The minimum absolute atomic E-state index is 0.0418. The molecule has 0 aliphatic heterocycles. The molecule has 1 saturated carbocycles. The summed E-state index contributed by atoms with van der Waals surface area (Å²) in [6.45, 7) is 4.62. The second-order valence-corrected chi connectivity index (χ2v) is 6.11. The third kappa shape index (κ3) is 3.43. The summed E-state index contributed by atoms with van der Waals surface area (Å²) in [6.07, 6.45) is 2.13. The molecule has 0 radical (unpaired) electrons. The molecule has 4 nitrogen and oxygen atoms in total. The van der Waals surface area contributed by atoms with Crippen LogP contribution in [0.25, 0.3) is 0 Å². The van der Waals surface area contributed by atoms with E-state index >= 15 is 0 Å². The molecule has 1 N–H and O–H groups in total. The van der Waals surface area contributed by atoms with Crippen molar-refractivity contribution in [1.82, 2.24) is 4.90 Å². The predicted molar refractivity (Wildman–Crippen MR) is 80.9 cm³/mol. The number of benzene rings is 1. The number of hydrogen-bond acceptors (Lipinski definition) is 2. The van der Waals surface area contributed by atoms with Gasteiger partial charge in [-0.2, -0.15) is 0 Å².